The third-order valence-electron chi connectivity index (χ3n) is 2.93. The van der Waals surface area contributed by atoms with Crippen molar-refractivity contribution in [3.8, 4) is 0 Å². The first kappa shape index (κ1) is 46.7. The quantitative estimate of drug-likeness (QED) is 0.0827. The van der Waals surface area contributed by atoms with Crippen LogP contribution in [-0.2, 0) is 38.4 Å². The van der Waals surface area contributed by atoms with Crippen molar-refractivity contribution < 1.29 is 90.3 Å². The molecule has 0 aromatic heterocycles. The summed E-state index contributed by atoms with van der Waals surface area (Å²) in [4.78, 5) is 72.4. The van der Waals surface area contributed by atoms with E-state index in [1.54, 1.807) is 0 Å². The molecule has 37 heavy (non-hydrogen) atoms. The lowest BCUT2D eigenvalue weighted by Gasteiger charge is -2.16. The molecular weight excluding hydrogens is 516 g/mol. The third-order valence-corrected chi connectivity index (χ3v) is 2.93. The minimum Gasteiger partial charge on any atom is -0.481 e. The van der Waals surface area contributed by atoms with Gasteiger partial charge in [0.05, 0.1) is 32.1 Å². The zero-order valence-electron chi connectivity index (χ0n) is 20.4. The lowest BCUT2D eigenvalue weighted by Crippen LogP contribution is -2.27. The second-order valence-corrected chi connectivity index (χ2v) is 6.64. The maximum Gasteiger partial charge on any atom is 0.303 e. The molecule has 0 radical (unpaired) electrons. The van der Waals surface area contributed by atoms with Crippen molar-refractivity contribution in [1.29, 1.82) is 0 Å². The summed E-state index contributed by atoms with van der Waals surface area (Å²) in [5.41, 5.74) is 0. The standard InChI is InChI=1S/C5H10O5.2C5H8O3.C4H6O4.H2O2.H2O/c1-5(8,10-9)3-2-4(6)7;2*1-4(6)2-3-5(7)8;5-3(6)1-2-4(7)8;1-2;/h8-9H,2-3H2,1H3,(H,6,7);2*2-3H2,1H3,(H,7,8);1-2H2,(H,5,6)(H,7,8);1-2H;1H2. The van der Waals surface area contributed by atoms with Crippen molar-refractivity contribution in [1.82, 2.24) is 0 Å². The van der Waals surface area contributed by atoms with Crippen LogP contribution in [-0.4, -0.2) is 99.1 Å². The summed E-state index contributed by atoms with van der Waals surface area (Å²) in [6, 6.07) is 0. The summed E-state index contributed by atoms with van der Waals surface area (Å²) in [7, 11) is 0. The van der Waals surface area contributed by atoms with Crippen LogP contribution in [0.25, 0.3) is 0 Å². The Kier molecular flexibility index (Phi) is 38.5. The number of aliphatic hydroxyl groups is 1. The minimum absolute atomic E-state index is 0. The maximum absolute atomic E-state index is 10.1. The van der Waals surface area contributed by atoms with Crippen molar-refractivity contribution in [2.45, 2.75) is 77.9 Å². The molecule has 0 aliphatic heterocycles. The Morgan fingerprint density at radius 3 is 0.919 bits per heavy atom. The third kappa shape index (κ3) is 71.9. The van der Waals surface area contributed by atoms with Crippen molar-refractivity contribution >= 4 is 41.4 Å². The van der Waals surface area contributed by atoms with Gasteiger partial charge in [0, 0.05) is 19.3 Å². The predicted molar refractivity (Wildman–Crippen MR) is 120 cm³/mol. The van der Waals surface area contributed by atoms with Crippen molar-refractivity contribution in [3.63, 3.8) is 0 Å². The molecule has 0 aromatic carbocycles. The van der Waals surface area contributed by atoms with Gasteiger partial charge in [-0.2, -0.15) is 0 Å². The highest BCUT2D eigenvalue weighted by Gasteiger charge is 2.21. The van der Waals surface area contributed by atoms with Crippen molar-refractivity contribution in [3.05, 3.63) is 0 Å². The molecular formula is C19H36O18. The van der Waals surface area contributed by atoms with Crippen LogP contribution in [0.4, 0.5) is 0 Å². The highest BCUT2D eigenvalue weighted by Crippen LogP contribution is 2.11. The number of carbonyl (C=O) groups excluding carboxylic acids is 2. The van der Waals surface area contributed by atoms with Gasteiger partial charge in [-0.15, -0.1) is 0 Å². The van der Waals surface area contributed by atoms with Crippen LogP contribution >= 0.6 is 0 Å². The molecule has 220 valence electrons. The number of rotatable bonds is 13. The fourth-order valence-corrected chi connectivity index (χ4v) is 1.16. The Labute approximate surface area is 210 Å². The Morgan fingerprint density at radius 1 is 0.568 bits per heavy atom. The van der Waals surface area contributed by atoms with Gasteiger partial charge in [-0.1, -0.05) is 0 Å². The molecule has 11 N–H and O–H groups in total. The fraction of sp³-hybridized carbons (Fsp3) is 0.632. The molecule has 1 atom stereocenters. The van der Waals surface area contributed by atoms with Gasteiger partial charge in [-0.3, -0.25) is 34.5 Å². The monoisotopic (exact) mass is 552 g/mol. The zero-order chi connectivity index (χ0) is 29.9. The second-order valence-electron chi connectivity index (χ2n) is 6.64. The average Bonchev–Trinajstić information content (AvgIpc) is 2.76. The normalized spacial score (nSPS) is 10.1. The molecule has 18 nitrogen and oxygen atoms in total. The first-order chi connectivity index (χ1) is 16.4. The largest absolute Gasteiger partial charge is 0.481 e. The van der Waals surface area contributed by atoms with E-state index in [2.05, 4.69) is 4.89 Å². The van der Waals surface area contributed by atoms with Crippen LogP contribution in [0.2, 0.25) is 0 Å². The van der Waals surface area contributed by atoms with Gasteiger partial charge >= 0.3 is 29.8 Å². The molecule has 0 fully saturated rings. The molecule has 0 aliphatic carbocycles. The number of hydrogen-bond acceptors (Lipinski definition) is 12. The van der Waals surface area contributed by atoms with E-state index in [-0.39, 0.29) is 68.4 Å². The zero-order valence-corrected chi connectivity index (χ0v) is 20.4. The number of hydrogen-bond donors (Lipinski definition) is 9. The minimum atomic E-state index is -1.75. The van der Waals surface area contributed by atoms with Crippen molar-refractivity contribution in [2.75, 3.05) is 0 Å². The fourth-order valence-electron chi connectivity index (χ4n) is 1.16. The van der Waals surface area contributed by atoms with E-state index >= 15 is 0 Å². The van der Waals surface area contributed by atoms with Crippen LogP contribution < -0.4 is 0 Å². The van der Waals surface area contributed by atoms with Gasteiger partial charge < -0.3 is 45.7 Å². The first-order valence-corrected chi connectivity index (χ1v) is 9.69. The van der Waals surface area contributed by atoms with Crippen LogP contribution in [0.1, 0.15) is 72.1 Å². The maximum atomic E-state index is 10.1. The van der Waals surface area contributed by atoms with E-state index in [1.807, 2.05) is 0 Å². The lowest BCUT2D eigenvalue weighted by atomic mass is 10.2. The highest BCUT2D eigenvalue weighted by molar-refractivity contribution is 5.80. The van der Waals surface area contributed by atoms with E-state index < -0.39 is 35.6 Å². The molecule has 0 saturated carbocycles. The smallest absolute Gasteiger partial charge is 0.303 e. The topological polar surface area (TPSA) is 342 Å². The first-order valence-electron chi connectivity index (χ1n) is 9.69. The van der Waals surface area contributed by atoms with Gasteiger partial charge in [-0.25, -0.2) is 10.1 Å². The van der Waals surface area contributed by atoms with E-state index in [9.17, 15) is 33.6 Å². The summed E-state index contributed by atoms with van der Waals surface area (Å²) in [6.45, 7) is 3.93. The Bertz CT molecular complexity index is 561. The molecule has 1 unspecified atom stereocenters. The van der Waals surface area contributed by atoms with Crippen LogP contribution in [0.3, 0.4) is 0 Å². The summed E-state index contributed by atoms with van der Waals surface area (Å²) in [5, 5.41) is 68.7. The van der Waals surface area contributed by atoms with Gasteiger partial charge in [0.2, 0.25) is 0 Å². The molecule has 0 aliphatic rings. The molecule has 0 spiro atoms. The van der Waals surface area contributed by atoms with Crippen LogP contribution in [0.5, 0.6) is 0 Å². The van der Waals surface area contributed by atoms with Gasteiger partial charge in [0.1, 0.15) is 11.6 Å². The molecule has 0 saturated heterocycles. The van der Waals surface area contributed by atoms with Gasteiger partial charge in [-0.05, 0) is 20.8 Å². The van der Waals surface area contributed by atoms with Crippen LogP contribution in [0, 0.1) is 0 Å². The average molecular weight is 552 g/mol. The van der Waals surface area contributed by atoms with Gasteiger partial charge in [0.25, 0.3) is 0 Å². The summed E-state index contributed by atoms with van der Waals surface area (Å²) in [6.07, 6.45) is -0.771. The molecule has 0 heterocycles. The number of carbonyl (C=O) groups is 7. The molecule has 0 bridgehead atoms. The number of Topliss-reactive ketones (excluding diaryl/α,β-unsaturated/α-hetero) is 2. The number of aliphatic carboxylic acids is 5. The highest BCUT2D eigenvalue weighted by atomic mass is 17.1. The number of carboxylic acid groups (broad SMARTS) is 5. The van der Waals surface area contributed by atoms with Crippen LogP contribution in [0.15, 0.2) is 0 Å². The Hall–Kier alpha value is -3.55. The summed E-state index contributed by atoms with van der Waals surface area (Å²) < 4.78 is 0. The summed E-state index contributed by atoms with van der Waals surface area (Å²) >= 11 is 0. The number of ketones is 2. The SMILES string of the molecule is CC(=O)CCC(=O)O.CC(=O)CCC(=O)O.CC(O)(CCC(=O)O)OO.O.O=C(O)CCC(=O)O.OO. The number of carboxylic acids is 5. The molecule has 0 aromatic rings. The Morgan fingerprint density at radius 2 is 0.784 bits per heavy atom. The molecule has 0 rings (SSSR count). The van der Waals surface area contributed by atoms with E-state index in [1.165, 1.54) is 20.8 Å². The van der Waals surface area contributed by atoms with E-state index in [4.69, 9.17) is 46.4 Å². The Balaban J connectivity index is -0.0000000842. The van der Waals surface area contributed by atoms with E-state index in [0.29, 0.717) is 0 Å². The predicted octanol–water partition coefficient (Wildman–Crippen LogP) is 0.0582. The second kappa shape index (κ2) is 30.5. The summed E-state index contributed by atoms with van der Waals surface area (Å²) in [5.74, 6) is -6.93. The molecule has 18 heteroatoms. The lowest BCUT2D eigenvalue weighted by molar-refractivity contribution is -0.386. The molecule has 0 amide bonds. The van der Waals surface area contributed by atoms with Gasteiger partial charge in [0.15, 0.2) is 5.79 Å². The van der Waals surface area contributed by atoms with Crippen molar-refractivity contribution in [2.24, 2.45) is 0 Å². The van der Waals surface area contributed by atoms with E-state index in [0.717, 1.165) is 0 Å².